The van der Waals surface area contributed by atoms with Crippen LogP contribution in [0.15, 0.2) is 54.6 Å². The highest BCUT2D eigenvalue weighted by Gasteiger charge is 2.22. The molecule has 0 unspecified atom stereocenters. The molecule has 1 fully saturated rings. The Morgan fingerprint density at radius 2 is 1.77 bits per heavy atom. The maximum atomic E-state index is 12.5. The monoisotopic (exact) mass is 371 g/mol. The summed E-state index contributed by atoms with van der Waals surface area (Å²) in [7, 11) is 1.81. The topological polar surface area (TPSA) is 35.6 Å². The number of piperidine rings is 1. The molecule has 0 saturated carbocycles. The largest absolute Gasteiger partial charge is 0.335 e. The van der Waals surface area contributed by atoms with Crippen molar-refractivity contribution in [1.29, 1.82) is 0 Å². The van der Waals surface area contributed by atoms with E-state index in [-0.39, 0.29) is 12.1 Å². The highest BCUT2D eigenvalue weighted by molar-refractivity contribution is 6.31. The van der Waals surface area contributed by atoms with Gasteiger partial charge in [-0.1, -0.05) is 60.1 Å². The second kappa shape index (κ2) is 9.06. The van der Waals surface area contributed by atoms with E-state index in [2.05, 4.69) is 34.5 Å². The smallest absolute Gasteiger partial charge is 0.317 e. The minimum absolute atomic E-state index is 0.0357. The summed E-state index contributed by atoms with van der Waals surface area (Å²) in [6.07, 6.45) is 1.97. The molecule has 138 valence electrons. The first-order valence-corrected chi connectivity index (χ1v) is 9.51. The highest BCUT2D eigenvalue weighted by Crippen LogP contribution is 2.17. The Bertz CT molecular complexity index is 714. The number of rotatable bonds is 5. The van der Waals surface area contributed by atoms with Crippen molar-refractivity contribution in [3.05, 3.63) is 70.7 Å². The Morgan fingerprint density at radius 1 is 1.12 bits per heavy atom. The van der Waals surface area contributed by atoms with Gasteiger partial charge in [0.2, 0.25) is 0 Å². The zero-order valence-electron chi connectivity index (χ0n) is 15.2. The third-order valence-corrected chi connectivity index (χ3v) is 5.24. The van der Waals surface area contributed by atoms with Crippen LogP contribution in [-0.2, 0) is 13.1 Å². The van der Waals surface area contributed by atoms with Crippen LogP contribution in [0.3, 0.4) is 0 Å². The first-order valence-electron chi connectivity index (χ1n) is 9.13. The van der Waals surface area contributed by atoms with Gasteiger partial charge in [-0.25, -0.2) is 4.79 Å². The van der Waals surface area contributed by atoms with Crippen LogP contribution in [0.25, 0.3) is 0 Å². The summed E-state index contributed by atoms with van der Waals surface area (Å²) in [6.45, 7) is 3.51. The van der Waals surface area contributed by atoms with Crippen LogP contribution in [-0.4, -0.2) is 42.0 Å². The summed E-state index contributed by atoms with van der Waals surface area (Å²) >= 11 is 6.18. The number of amides is 2. The van der Waals surface area contributed by atoms with E-state index in [1.807, 2.05) is 37.4 Å². The Hall–Kier alpha value is -2.04. The van der Waals surface area contributed by atoms with Gasteiger partial charge in [0.1, 0.15) is 0 Å². The van der Waals surface area contributed by atoms with Crippen LogP contribution >= 0.6 is 11.6 Å². The van der Waals surface area contributed by atoms with Crippen LogP contribution in [0.1, 0.15) is 24.0 Å². The molecule has 1 saturated heterocycles. The molecule has 0 bridgehead atoms. The molecule has 26 heavy (non-hydrogen) atoms. The number of nitrogens with one attached hydrogen (secondary N) is 1. The minimum Gasteiger partial charge on any atom is -0.335 e. The summed E-state index contributed by atoms with van der Waals surface area (Å²) in [5.41, 5.74) is 2.30. The Labute approximate surface area is 160 Å². The molecule has 2 amide bonds. The van der Waals surface area contributed by atoms with Gasteiger partial charge in [0.25, 0.3) is 0 Å². The lowest BCUT2D eigenvalue weighted by molar-refractivity contribution is 0.173. The molecule has 0 spiro atoms. The van der Waals surface area contributed by atoms with E-state index in [4.69, 9.17) is 11.6 Å². The number of likely N-dealkylation sites (tertiary alicyclic amines) is 1. The number of halogens is 1. The summed E-state index contributed by atoms with van der Waals surface area (Å²) in [5.74, 6) is 0. The van der Waals surface area contributed by atoms with E-state index < -0.39 is 0 Å². The van der Waals surface area contributed by atoms with Gasteiger partial charge in [-0.15, -0.1) is 0 Å². The molecule has 3 rings (SSSR count). The van der Waals surface area contributed by atoms with Crippen molar-refractivity contribution < 1.29 is 4.79 Å². The molecule has 2 aromatic rings. The fourth-order valence-electron chi connectivity index (χ4n) is 3.32. The number of nitrogens with zero attached hydrogens (tertiary/aromatic N) is 2. The van der Waals surface area contributed by atoms with Gasteiger partial charge in [-0.05, 0) is 30.0 Å². The zero-order valence-corrected chi connectivity index (χ0v) is 16.0. The lowest BCUT2D eigenvalue weighted by Gasteiger charge is -2.33. The molecule has 1 aliphatic heterocycles. The van der Waals surface area contributed by atoms with Gasteiger partial charge in [-0.2, -0.15) is 0 Å². The fraction of sp³-hybridized carbons (Fsp3) is 0.381. The molecule has 4 nitrogen and oxygen atoms in total. The Kier molecular flexibility index (Phi) is 6.53. The van der Waals surface area contributed by atoms with Crippen LogP contribution in [0.2, 0.25) is 5.02 Å². The van der Waals surface area contributed by atoms with E-state index in [1.54, 1.807) is 4.90 Å². The standard InChI is InChI=1S/C21H26ClN3O/c1-24(16-18-9-5-6-10-20(18)22)21(26)23-19-11-13-25(14-12-19)15-17-7-3-2-4-8-17/h2-10,19H,11-16H2,1H3,(H,23,26). The first-order chi connectivity index (χ1) is 12.6. The maximum Gasteiger partial charge on any atom is 0.317 e. The predicted octanol–water partition coefficient (Wildman–Crippen LogP) is 4.15. The molecule has 0 radical (unpaired) electrons. The van der Waals surface area contributed by atoms with E-state index in [9.17, 15) is 4.79 Å². The van der Waals surface area contributed by atoms with Gasteiger partial charge in [0, 0.05) is 44.3 Å². The van der Waals surface area contributed by atoms with Gasteiger partial charge >= 0.3 is 6.03 Å². The molecular formula is C21H26ClN3O. The molecule has 0 atom stereocenters. The third kappa shape index (κ3) is 5.23. The third-order valence-electron chi connectivity index (χ3n) is 4.88. The average Bonchev–Trinajstić information content (AvgIpc) is 2.66. The predicted molar refractivity (Wildman–Crippen MR) is 106 cm³/mol. The van der Waals surface area contributed by atoms with Gasteiger partial charge in [0.05, 0.1) is 0 Å². The number of hydrogen-bond acceptors (Lipinski definition) is 2. The second-order valence-corrected chi connectivity index (χ2v) is 7.34. The lowest BCUT2D eigenvalue weighted by Crippen LogP contribution is -2.48. The number of benzene rings is 2. The normalized spacial score (nSPS) is 15.6. The van der Waals surface area contributed by atoms with Crippen molar-refractivity contribution in [2.75, 3.05) is 20.1 Å². The minimum atomic E-state index is -0.0357. The van der Waals surface area contributed by atoms with Crippen molar-refractivity contribution in [1.82, 2.24) is 15.1 Å². The van der Waals surface area contributed by atoms with Gasteiger partial charge < -0.3 is 10.2 Å². The van der Waals surface area contributed by atoms with Gasteiger partial charge in [-0.3, -0.25) is 4.90 Å². The van der Waals surface area contributed by atoms with E-state index in [0.29, 0.717) is 11.6 Å². The van der Waals surface area contributed by atoms with Crippen LogP contribution in [0.4, 0.5) is 4.79 Å². The zero-order chi connectivity index (χ0) is 18.4. The quantitative estimate of drug-likeness (QED) is 0.857. The number of hydrogen-bond donors (Lipinski definition) is 1. The lowest BCUT2D eigenvalue weighted by atomic mass is 10.0. The average molecular weight is 372 g/mol. The van der Waals surface area contributed by atoms with Crippen molar-refractivity contribution >= 4 is 17.6 Å². The Morgan fingerprint density at radius 3 is 2.46 bits per heavy atom. The second-order valence-electron chi connectivity index (χ2n) is 6.93. The van der Waals surface area contributed by atoms with Crippen molar-refractivity contribution in [3.8, 4) is 0 Å². The van der Waals surface area contributed by atoms with Crippen molar-refractivity contribution in [2.45, 2.75) is 32.0 Å². The molecular weight excluding hydrogens is 346 g/mol. The summed E-state index contributed by atoms with van der Waals surface area (Å²) in [6, 6.07) is 18.4. The van der Waals surface area contributed by atoms with Gasteiger partial charge in [0.15, 0.2) is 0 Å². The number of urea groups is 1. The summed E-state index contributed by atoms with van der Waals surface area (Å²) < 4.78 is 0. The Balaban J connectivity index is 1.43. The van der Waals surface area contributed by atoms with E-state index >= 15 is 0 Å². The summed E-state index contributed by atoms with van der Waals surface area (Å²) in [5, 5.41) is 3.86. The molecule has 0 aliphatic carbocycles. The van der Waals surface area contributed by atoms with Crippen molar-refractivity contribution in [2.24, 2.45) is 0 Å². The van der Waals surface area contributed by atoms with Crippen LogP contribution in [0, 0.1) is 0 Å². The molecule has 1 heterocycles. The fourth-order valence-corrected chi connectivity index (χ4v) is 3.51. The molecule has 1 N–H and O–H groups in total. The SMILES string of the molecule is CN(Cc1ccccc1Cl)C(=O)NC1CCN(Cc2ccccc2)CC1. The molecule has 0 aromatic heterocycles. The number of carbonyl (C=O) groups is 1. The summed E-state index contributed by atoms with van der Waals surface area (Å²) in [4.78, 5) is 16.6. The van der Waals surface area contributed by atoms with Crippen molar-refractivity contribution in [3.63, 3.8) is 0 Å². The number of carbonyl (C=O) groups excluding carboxylic acids is 1. The maximum absolute atomic E-state index is 12.5. The highest BCUT2D eigenvalue weighted by atomic mass is 35.5. The molecule has 5 heteroatoms. The van der Waals surface area contributed by atoms with Crippen LogP contribution in [0.5, 0.6) is 0 Å². The van der Waals surface area contributed by atoms with E-state index in [1.165, 1.54) is 5.56 Å². The first kappa shape index (κ1) is 18.7. The van der Waals surface area contributed by atoms with E-state index in [0.717, 1.165) is 38.0 Å². The molecule has 1 aliphatic rings. The van der Waals surface area contributed by atoms with Crippen LogP contribution < -0.4 is 5.32 Å². The molecule has 2 aromatic carbocycles.